The van der Waals surface area contributed by atoms with Crippen LogP contribution in [0.3, 0.4) is 0 Å². The van der Waals surface area contributed by atoms with E-state index < -0.39 is 47.7 Å². The summed E-state index contributed by atoms with van der Waals surface area (Å²) in [5.74, 6) is -2.80. The highest BCUT2D eigenvalue weighted by molar-refractivity contribution is 5.78. The van der Waals surface area contributed by atoms with E-state index in [4.69, 9.17) is 18.9 Å². The Morgan fingerprint density at radius 3 is 2.61 bits per heavy atom. The summed E-state index contributed by atoms with van der Waals surface area (Å²) in [4.78, 5) is 13.9. The van der Waals surface area contributed by atoms with E-state index in [1.54, 1.807) is 25.2 Å². The third-order valence-corrected chi connectivity index (χ3v) is 9.81. The molecule has 1 spiro atoms. The molecule has 1 aliphatic carbocycles. The van der Waals surface area contributed by atoms with E-state index in [2.05, 4.69) is 0 Å². The predicted molar refractivity (Wildman–Crippen MR) is 150 cm³/mol. The maximum Gasteiger partial charge on any atom is 0.316 e. The summed E-state index contributed by atoms with van der Waals surface area (Å²) in [6.45, 7) is 7.65. The number of carbonyl (C=O) groups is 1. The van der Waals surface area contributed by atoms with E-state index in [0.717, 1.165) is 18.4 Å². The Kier molecular flexibility index (Phi) is 8.98. The van der Waals surface area contributed by atoms with E-state index >= 15 is 0 Å². The zero-order valence-electron chi connectivity index (χ0n) is 24.6. The molecule has 41 heavy (non-hydrogen) atoms. The lowest BCUT2D eigenvalue weighted by Gasteiger charge is -2.50. The number of hydrogen-bond acceptors (Lipinski definition) is 9. The van der Waals surface area contributed by atoms with E-state index in [9.17, 15) is 25.2 Å². The summed E-state index contributed by atoms with van der Waals surface area (Å²) in [5.41, 5.74) is 0.0552. The van der Waals surface area contributed by atoms with Gasteiger partial charge in [-0.2, -0.15) is 0 Å². The Hall–Kier alpha value is -1.85. The van der Waals surface area contributed by atoms with Crippen LogP contribution < -0.4 is 0 Å². The van der Waals surface area contributed by atoms with Crippen LogP contribution in [0.5, 0.6) is 0 Å². The van der Waals surface area contributed by atoms with Crippen LogP contribution in [0.2, 0.25) is 0 Å². The highest BCUT2D eigenvalue weighted by atomic mass is 16.7. The molecule has 3 saturated heterocycles. The second-order valence-electron chi connectivity index (χ2n) is 12.6. The second kappa shape index (κ2) is 12.0. The van der Waals surface area contributed by atoms with Crippen molar-refractivity contribution in [2.75, 3.05) is 13.2 Å². The van der Waals surface area contributed by atoms with Crippen LogP contribution in [-0.4, -0.2) is 87.6 Å². The van der Waals surface area contributed by atoms with Gasteiger partial charge in [-0.25, -0.2) is 0 Å². The third-order valence-electron chi connectivity index (χ3n) is 9.81. The van der Waals surface area contributed by atoms with E-state index in [0.29, 0.717) is 36.8 Å². The van der Waals surface area contributed by atoms with Gasteiger partial charge in [0.15, 0.2) is 5.79 Å². The largest absolute Gasteiger partial charge is 0.462 e. The lowest BCUT2D eigenvalue weighted by molar-refractivity contribution is -0.337. The number of aliphatic hydroxyl groups excluding tert-OH is 3. The first-order chi connectivity index (χ1) is 19.5. The molecule has 3 fully saturated rings. The molecule has 0 aromatic rings. The number of ether oxygens (including phenoxy) is 4. The van der Waals surface area contributed by atoms with Crippen molar-refractivity contribution >= 4 is 5.97 Å². The average Bonchev–Trinajstić information content (AvgIpc) is 3.29. The monoisotopic (exact) mass is 574 g/mol. The Morgan fingerprint density at radius 2 is 1.88 bits per heavy atom. The van der Waals surface area contributed by atoms with Gasteiger partial charge in [0.05, 0.1) is 24.9 Å². The lowest BCUT2D eigenvalue weighted by atomic mass is 9.71. The summed E-state index contributed by atoms with van der Waals surface area (Å²) in [6, 6.07) is 0. The van der Waals surface area contributed by atoms with Gasteiger partial charge in [-0.05, 0) is 49.8 Å². The van der Waals surface area contributed by atoms with E-state index in [1.807, 2.05) is 32.9 Å². The minimum Gasteiger partial charge on any atom is -0.462 e. The van der Waals surface area contributed by atoms with Gasteiger partial charge in [0.2, 0.25) is 0 Å². The number of fused-ring (bicyclic) bond motifs is 2. The smallest absolute Gasteiger partial charge is 0.316 e. The van der Waals surface area contributed by atoms with Crippen molar-refractivity contribution in [1.29, 1.82) is 0 Å². The van der Waals surface area contributed by atoms with Gasteiger partial charge >= 0.3 is 5.97 Å². The number of rotatable bonds is 2. The molecule has 0 amide bonds. The number of carbonyl (C=O) groups excluding carboxylic acids is 1. The summed E-state index contributed by atoms with van der Waals surface area (Å²) in [6.07, 6.45) is 8.41. The van der Waals surface area contributed by atoms with Crippen LogP contribution >= 0.6 is 0 Å². The maximum absolute atomic E-state index is 13.9. The molecule has 4 heterocycles. The molecule has 4 aliphatic heterocycles. The first kappa shape index (κ1) is 30.6. The summed E-state index contributed by atoms with van der Waals surface area (Å²) >= 11 is 0. The lowest BCUT2D eigenvalue weighted by Crippen LogP contribution is -2.58. The van der Waals surface area contributed by atoms with Crippen molar-refractivity contribution in [3.05, 3.63) is 47.1 Å². The fourth-order valence-corrected chi connectivity index (χ4v) is 7.25. The second-order valence-corrected chi connectivity index (χ2v) is 12.6. The van der Waals surface area contributed by atoms with Gasteiger partial charge in [-0.15, -0.1) is 0 Å². The molecular formula is C32H46O9. The maximum atomic E-state index is 13.9. The van der Waals surface area contributed by atoms with Crippen LogP contribution in [0.25, 0.3) is 0 Å². The molecule has 9 nitrogen and oxygen atoms in total. The molecule has 4 N–H and O–H groups in total. The van der Waals surface area contributed by atoms with Crippen LogP contribution in [-0.2, 0) is 23.7 Å². The molecule has 5 rings (SSSR count). The first-order valence-corrected chi connectivity index (χ1v) is 15.1. The van der Waals surface area contributed by atoms with Gasteiger partial charge in [-0.1, -0.05) is 44.2 Å². The molecule has 0 radical (unpaired) electrons. The summed E-state index contributed by atoms with van der Waals surface area (Å²) in [7, 11) is 0. The van der Waals surface area contributed by atoms with Crippen molar-refractivity contribution in [3.8, 4) is 0 Å². The Labute approximate surface area is 242 Å². The highest BCUT2D eigenvalue weighted by Crippen LogP contribution is 2.47. The highest BCUT2D eigenvalue weighted by Gasteiger charge is 2.60. The van der Waals surface area contributed by atoms with Crippen LogP contribution in [0, 0.1) is 17.8 Å². The van der Waals surface area contributed by atoms with Gasteiger partial charge in [0.25, 0.3) is 0 Å². The van der Waals surface area contributed by atoms with Crippen molar-refractivity contribution < 1.29 is 44.2 Å². The Bertz CT molecular complexity index is 1110. The predicted octanol–water partition coefficient (Wildman–Crippen LogP) is 2.87. The van der Waals surface area contributed by atoms with Gasteiger partial charge < -0.3 is 39.4 Å². The molecule has 5 aliphatic rings. The van der Waals surface area contributed by atoms with Crippen molar-refractivity contribution in [2.24, 2.45) is 17.8 Å². The van der Waals surface area contributed by atoms with E-state index in [-0.39, 0.29) is 37.3 Å². The molecule has 0 aromatic carbocycles. The molecule has 11 unspecified atom stereocenters. The molecule has 0 aromatic heterocycles. The van der Waals surface area contributed by atoms with Crippen molar-refractivity contribution in [1.82, 2.24) is 0 Å². The number of allylic oxidation sites excluding steroid dienone is 2. The van der Waals surface area contributed by atoms with Crippen molar-refractivity contribution in [2.45, 2.75) is 114 Å². The molecular weight excluding hydrogens is 528 g/mol. The molecule has 228 valence electrons. The normalized spacial score (nSPS) is 45.4. The van der Waals surface area contributed by atoms with Crippen LogP contribution in [0.1, 0.15) is 66.2 Å². The van der Waals surface area contributed by atoms with Gasteiger partial charge in [0.1, 0.15) is 29.8 Å². The Balaban J connectivity index is 1.52. The SMILES string of the molecule is CCC1OC2(CCC1CO)CC1CC(CC=C(C)C(O)C(C)C=CC=C3COC4C(O)C(C)=CC(C(=O)O1)C34O)O2. The van der Waals surface area contributed by atoms with Crippen LogP contribution in [0.4, 0.5) is 0 Å². The zero-order chi connectivity index (χ0) is 29.5. The van der Waals surface area contributed by atoms with Gasteiger partial charge in [-0.3, -0.25) is 4.79 Å². The number of aliphatic hydroxyl groups is 4. The molecule has 0 saturated carbocycles. The Morgan fingerprint density at radius 1 is 1.10 bits per heavy atom. The standard InChI is InChI=1S/C32H46O9/c1-5-26-21(16-33)11-12-31(41-26)15-24-14-23(40-31)10-9-19(3)27(34)18(2)7-6-8-22-17-38-29-28(35)20(4)13-25(30(36)39-24)32(22,29)37/h6-9,13,18,21,23-29,33-35,37H,5,10-12,14-17H2,1-4H3. The zero-order valence-corrected chi connectivity index (χ0v) is 24.6. The summed E-state index contributed by atoms with van der Waals surface area (Å²) in [5, 5.41) is 43.8. The molecule has 11 atom stereocenters. The fourth-order valence-electron chi connectivity index (χ4n) is 7.25. The minimum atomic E-state index is -1.78. The minimum absolute atomic E-state index is 0.0218. The summed E-state index contributed by atoms with van der Waals surface area (Å²) < 4.78 is 25.2. The molecule has 2 bridgehead atoms. The average molecular weight is 575 g/mol. The number of esters is 1. The van der Waals surface area contributed by atoms with E-state index in [1.165, 1.54) is 0 Å². The van der Waals surface area contributed by atoms with Crippen molar-refractivity contribution in [3.63, 3.8) is 0 Å². The van der Waals surface area contributed by atoms with Gasteiger partial charge in [0, 0.05) is 37.7 Å². The first-order valence-electron chi connectivity index (χ1n) is 15.1. The van der Waals surface area contributed by atoms with Crippen LogP contribution in [0.15, 0.2) is 47.1 Å². The third kappa shape index (κ3) is 5.75. The quantitative estimate of drug-likeness (QED) is 0.290. The number of hydrogen-bond donors (Lipinski definition) is 4. The topological polar surface area (TPSA) is 135 Å². The molecule has 9 heteroatoms. The fraction of sp³-hybridized carbons (Fsp3) is 0.719.